The number of imidazole rings is 1. The van der Waals surface area contributed by atoms with Gasteiger partial charge in [-0.2, -0.15) is 4.39 Å². The molecule has 1 rings (SSSR count). The Morgan fingerprint density at radius 1 is 1.91 bits per heavy atom. The second-order valence-electron chi connectivity index (χ2n) is 2.18. The van der Waals surface area contributed by atoms with E-state index in [0.29, 0.717) is 5.69 Å². The van der Waals surface area contributed by atoms with E-state index in [2.05, 4.69) is 9.97 Å². The molecule has 0 radical (unpaired) electrons. The number of nitrogens with one attached hydrogen (secondary N) is 1. The lowest BCUT2D eigenvalue weighted by Crippen LogP contribution is -2.29. The number of carbonyl (C=O) groups is 1. The van der Waals surface area contributed by atoms with E-state index < -0.39 is 12.1 Å². The van der Waals surface area contributed by atoms with Crippen molar-refractivity contribution >= 4 is 6.04 Å². The first-order valence-corrected chi connectivity index (χ1v) is 3.12. The molecule has 60 valence electrons. The van der Waals surface area contributed by atoms with Crippen molar-refractivity contribution in [3.05, 3.63) is 18.2 Å². The average Bonchev–Trinajstić information content (AvgIpc) is 2.39. The quantitative estimate of drug-likeness (QED) is 0.595. The van der Waals surface area contributed by atoms with Gasteiger partial charge in [0.1, 0.15) is 6.04 Å². The smallest absolute Gasteiger partial charge is 0.318 e. The molecule has 1 aromatic rings. The lowest BCUT2D eigenvalue weighted by Gasteiger charge is -2.00. The van der Waals surface area contributed by atoms with E-state index in [-0.39, 0.29) is 6.42 Å². The molecule has 1 heterocycles. The van der Waals surface area contributed by atoms with Crippen molar-refractivity contribution in [1.82, 2.24) is 9.97 Å². The number of aromatic nitrogens is 2. The molecule has 0 bridgehead atoms. The molecular weight excluding hydrogens is 149 g/mol. The fourth-order valence-corrected chi connectivity index (χ4v) is 0.708. The molecule has 0 aliphatic heterocycles. The van der Waals surface area contributed by atoms with Crippen molar-refractivity contribution in [3.63, 3.8) is 0 Å². The molecule has 5 heteroatoms. The Labute approximate surface area is 62.6 Å². The summed E-state index contributed by atoms with van der Waals surface area (Å²) in [6.45, 7) is 0. The molecule has 0 aromatic carbocycles. The highest BCUT2D eigenvalue weighted by Crippen LogP contribution is 1.97. The second-order valence-corrected chi connectivity index (χ2v) is 2.18. The first kappa shape index (κ1) is 7.87. The first-order valence-electron chi connectivity index (χ1n) is 3.12. The maximum atomic E-state index is 11.9. The van der Waals surface area contributed by atoms with Gasteiger partial charge in [0.2, 0.25) is 0 Å². The van der Waals surface area contributed by atoms with Crippen LogP contribution in [0.4, 0.5) is 4.39 Å². The lowest BCUT2D eigenvalue weighted by molar-refractivity contribution is -0.130. The van der Waals surface area contributed by atoms with Crippen LogP contribution in [0.1, 0.15) is 5.69 Å². The predicted molar refractivity (Wildman–Crippen MR) is 36.4 cm³/mol. The van der Waals surface area contributed by atoms with Gasteiger partial charge in [0.05, 0.1) is 12.0 Å². The van der Waals surface area contributed by atoms with E-state index in [1.54, 1.807) is 6.20 Å². The zero-order chi connectivity index (χ0) is 8.27. The molecule has 0 aliphatic rings. The molecule has 0 saturated carbocycles. The molecule has 1 aromatic heterocycles. The molecule has 0 aliphatic carbocycles. The Balaban J connectivity index is 2.50. The zero-order valence-electron chi connectivity index (χ0n) is 5.75. The van der Waals surface area contributed by atoms with Crippen molar-refractivity contribution in [2.24, 2.45) is 5.73 Å². The Kier molecular flexibility index (Phi) is 2.32. The van der Waals surface area contributed by atoms with E-state index in [0.717, 1.165) is 0 Å². The fourth-order valence-electron chi connectivity index (χ4n) is 0.708. The van der Waals surface area contributed by atoms with Gasteiger partial charge in [0, 0.05) is 12.6 Å². The number of halogens is 1. The SMILES string of the molecule is N[C@@H](Cc1c[nH]cn1)C(=O)F. The van der Waals surface area contributed by atoms with Crippen molar-refractivity contribution in [2.75, 3.05) is 0 Å². The van der Waals surface area contributed by atoms with E-state index in [1.807, 2.05) is 0 Å². The average molecular weight is 157 g/mol. The van der Waals surface area contributed by atoms with Crippen LogP contribution in [0.5, 0.6) is 0 Å². The van der Waals surface area contributed by atoms with Gasteiger partial charge in [-0.3, -0.25) is 4.79 Å². The lowest BCUT2D eigenvalue weighted by atomic mass is 10.2. The molecule has 0 unspecified atom stereocenters. The van der Waals surface area contributed by atoms with Crippen molar-refractivity contribution in [1.29, 1.82) is 0 Å². The predicted octanol–water partition coefficient (Wildman–Crippen LogP) is -0.224. The summed E-state index contributed by atoms with van der Waals surface area (Å²) in [5, 5.41) is 0. The van der Waals surface area contributed by atoms with Gasteiger partial charge in [-0.1, -0.05) is 0 Å². The molecule has 11 heavy (non-hydrogen) atoms. The monoisotopic (exact) mass is 157 g/mol. The summed E-state index contributed by atoms with van der Waals surface area (Å²) >= 11 is 0. The maximum Gasteiger partial charge on any atom is 0.318 e. The van der Waals surface area contributed by atoms with E-state index >= 15 is 0 Å². The van der Waals surface area contributed by atoms with Crippen molar-refractivity contribution in [3.8, 4) is 0 Å². The Bertz CT molecular complexity index is 234. The summed E-state index contributed by atoms with van der Waals surface area (Å²) in [5.41, 5.74) is 5.72. The third-order valence-corrected chi connectivity index (χ3v) is 1.28. The highest BCUT2D eigenvalue weighted by atomic mass is 19.1. The molecule has 3 N–H and O–H groups in total. The number of H-pyrrole nitrogens is 1. The van der Waals surface area contributed by atoms with Crippen LogP contribution in [-0.2, 0) is 11.2 Å². The van der Waals surface area contributed by atoms with Gasteiger partial charge in [-0.15, -0.1) is 0 Å². The highest BCUT2D eigenvalue weighted by Gasteiger charge is 2.13. The minimum atomic E-state index is -1.51. The highest BCUT2D eigenvalue weighted by molar-refractivity contribution is 5.74. The van der Waals surface area contributed by atoms with Crippen LogP contribution in [0.2, 0.25) is 0 Å². The van der Waals surface area contributed by atoms with Crippen LogP contribution < -0.4 is 5.73 Å². The number of hydrogen-bond acceptors (Lipinski definition) is 3. The number of aromatic amines is 1. The number of hydrogen-bond donors (Lipinski definition) is 2. The number of carbonyl (C=O) groups excluding carboxylic acids is 1. The Hall–Kier alpha value is -1.23. The van der Waals surface area contributed by atoms with Crippen LogP contribution in [0, 0.1) is 0 Å². The summed E-state index contributed by atoms with van der Waals surface area (Å²) < 4.78 is 11.9. The largest absolute Gasteiger partial charge is 0.351 e. The van der Waals surface area contributed by atoms with Crippen LogP contribution >= 0.6 is 0 Å². The molecule has 1 atom stereocenters. The third-order valence-electron chi connectivity index (χ3n) is 1.28. The van der Waals surface area contributed by atoms with Crippen LogP contribution in [0.15, 0.2) is 12.5 Å². The Morgan fingerprint density at radius 2 is 2.64 bits per heavy atom. The maximum absolute atomic E-state index is 11.9. The van der Waals surface area contributed by atoms with Gasteiger partial charge >= 0.3 is 6.04 Å². The molecular formula is C6H8FN3O. The Morgan fingerprint density at radius 3 is 3.09 bits per heavy atom. The zero-order valence-corrected chi connectivity index (χ0v) is 5.75. The van der Waals surface area contributed by atoms with Crippen molar-refractivity contribution in [2.45, 2.75) is 12.5 Å². The summed E-state index contributed by atoms with van der Waals surface area (Å²) in [6, 6.07) is -2.59. The fraction of sp³-hybridized carbons (Fsp3) is 0.333. The molecule has 4 nitrogen and oxygen atoms in total. The van der Waals surface area contributed by atoms with Crippen LogP contribution in [-0.4, -0.2) is 22.0 Å². The normalized spacial score (nSPS) is 12.9. The number of nitrogens with two attached hydrogens (primary N) is 1. The van der Waals surface area contributed by atoms with Gasteiger partial charge < -0.3 is 10.7 Å². The van der Waals surface area contributed by atoms with Gasteiger partial charge in [-0.25, -0.2) is 4.98 Å². The number of nitrogens with zero attached hydrogens (tertiary/aromatic N) is 1. The minimum absolute atomic E-state index is 0.138. The van der Waals surface area contributed by atoms with Gasteiger partial charge in [-0.05, 0) is 0 Å². The molecule has 0 fully saturated rings. The van der Waals surface area contributed by atoms with Crippen molar-refractivity contribution < 1.29 is 9.18 Å². The molecule has 0 saturated heterocycles. The van der Waals surface area contributed by atoms with Gasteiger partial charge in [0.15, 0.2) is 0 Å². The summed E-state index contributed by atoms with van der Waals surface area (Å²) in [7, 11) is 0. The summed E-state index contributed by atoms with van der Waals surface area (Å²) in [5.74, 6) is 0. The standard InChI is InChI=1S/C6H8FN3O/c7-6(11)5(8)1-4-2-9-3-10-4/h2-3,5H,1,8H2,(H,9,10)/t5-/m0/s1. The first-order chi connectivity index (χ1) is 5.20. The van der Waals surface area contributed by atoms with E-state index in [1.165, 1.54) is 6.33 Å². The molecule has 0 spiro atoms. The van der Waals surface area contributed by atoms with E-state index in [4.69, 9.17) is 5.73 Å². The minimum Gasteiger partial charge on any atom is -0.351 e. The van der Waals surface area contributed by atoms with E-state index in [9.17, 15) is 9.18 Å². The van der Waals surface area contributed by atoms with Crippen LogP contribution in [0.3, 0.4) is 0 Å². The van der Waals surface area contributed by atoms with Crippen LogP contribution in [0.25, 0.3) is 0 Å². The van der Waals surface area contributed by atoms with Gasteiger partial charge in [0.25, 0.3) is 0 Å². The topological polar surface area (TPSA) is 71.8 Å². The summed E-state index contributed by atoms with van der Waals surface area (Å²) in [6.07, 6.45) is 3.16. The number of rotatable bonds is 3. The summed E-state index contributed by atoms with van der Waals surface area (Å²) in [4.78, 5) is 16.5. The third kappa shape index (κ3) is 2.12. The second kappa shape index (κ2) is 3.25. The molecule has 0 amide bonds.